The molecule has 0 spiro atoms. The summed E-state index contributed by atoms with van der Waals surface area (Å²) in [6.07, 6.45) is -2.32. The first-order valence-corrected chi connectivity index (χ1v) is 6.71. The van der Waals surface area contributed by atoms with Crippen LogP contribution in [-0.2, 0) is 4.74 Å². The number of rotatable bonds is 5. The molecule has 0 atom stereocenters. The zero-order valence-corrected chi connectivity index (χ0v) is 11.5. The van der Waals surface area contributed by atoms with E-state index in [2.05, 4.69) is 4.74 Å². The topological polar surface area (TPSA) is 9.23 Å². The van der Waals surface area contributed by atoms with E-state index in [-0.39, 0.29) is 0 Å². The lowest BCUT2D eigenvalue weighted by Gasteiger charge is -2.30. The van der Waals surface area contributed by atoms with E-state index in [0.29, 0.717) is 12.8 Å². The SMILES string of the molecule is CCO/C(=C\C1CCCCC1)C(F)(F)C(F)(F)C(F)(F)F. The molecule has 1 fully saturated rings. The Kier molecular flexibility index (Phi) is 5.55. The molecule has 0 amide bonds. The lowest BCUT2D eigenvalue weighted by Crippen LogP contribution is -2.53. The number of halogens is 7. The Hall–Kier alpha value is -0.950. The minimum absolute atomic E-state index is 0.415. The Morgan fingerprint density at radius 2 is 1.52 bits per heavy atom. The molecule has 0 bridgehead atoms. The maximum atomic E-state index is 13.6. The molecule has 1 aliphatic rings. The van der Waals surface area contributed by atoms with Gasteiger partial charge in [0.25, 0.3) is 0 Å². The number of ether oxygens (including phenoxy) is 1. The normalized spacial score (nSPS) is 19.7. The van der Waals surface area contributed by atoms with Crippen molar-refractivity contribution in [1.82, 2.24) is 0 Å². The van der Waals surface area contributed by atoms with Crippen molar-refractivity contribution in [2.75, 3.05) is 6.61 Å². The fourth-order valence-corrected chi connectivity index (χ4v) is 2.25. The minimum atomic E-state index is -6.35. The summed E-state index contributed by atoms with van der Waals surface area (Å²) in [6.45, 7) is 0.832. The van der Waals surface area contributed by atoms with Crippen LogP contribution in [0.15, 0.2) is 11.8 Å². The first-order chi connectivity index (χ1) is 9.54. The van der Waals surface area contributed by atoms with E-state index in [1.165, 1.54) is 6.92 Å². The highest BCUT2D eigenvalue weighted by Crippen LogP contribution is 2.50. The third-order valence-corrected chi connectivity index (χ3v) is 3.40. The molecule has 0 saturated heterocycles. The summed E-state index contributed by atoms with van der Waals surface area (Å²) < 4.78 is 94.4. The fraction of sp³-hybridized carbons (Fsp3) is 0.846. The highest BCUT2D eigenvalue weighted by atomic mass is 19.4. The quantitative estimate of drug-likeness (QED) is 0.492. The molecule has 0 N–H and O–H groups in total. The van der Waals surface area contributed by atoms with Crippen molar-refractivity contribution in [3.63, 3.8) is 0 Å². The second-order valence-electron chi connectivity index (χ2n) is 5.01. The van der Waals surface area contributed by atoms with Gasteiger partial charge in [-0.3, -0.25) is 0 Å². The molecular weight excluding hydrogens is 305 g/mol. The second kappa shape index (κ2) is 6.44. The molecule has 8 heteroatoms. The summed E-state index contributed by atoms with van der Waals surface area (Å²) >= 11 is 0. The third kappa shape index (κ3) is 3.83. The molecule has 0 aromatic heterocycles. The van der Waals surface area contributed by atoms with E-state index in [1.54, 1.807) is 0 Å². The van der Waals surface area contributed by atoms with Crippen molar-refractivity contribution in [1.29, 1.82) is 0 Å². The fourth-order valence-electron chi connectivity index (χ4n) is 2.25. The standard InChI is InChI=1S/C13H17F7O/c1-2-21-10(8-9-6-4-3-5-7-9)11(14,15)12(16,17)13(18,19)20/h8-9H,2-7H2,1H3/b10-8-. The van der Waals surface area contributed by atoms with Crippen LogP contribution < -0.4 is 0 Å². The van der Waals surface area contributed by atoms with Crippen LogP contribution in [0.3, 0.4) is 0 Å². The lowest BCUT2D eigenvalue weighted by atomic mass is 9.88. The van der Waals surface area contributed by atoms with Crippen LogP contribution in [0.4, 0.5) is 30.7 Å². The van der Waals surface area contributed by atoms with Crippen LogP contribution in [0.2, 0.25) is 0 Å². The number of allylic oxidation sites excluding steroid dienone is 2. The van der Waals surface area contributed by atoms with Gasteiger partial charge in [-0.15, -0.1) is 0 Å². The molecular formula is C13H17F7O. The van der Waals surface area contributed by atoms with Gasteiger partial charge in [0.15, 0.2) is 5.76 Å². The van der Waals surface area contributed by atoms with Gasteiger partial charge >= 0.3 is 18.0 Å². The number of alkyl halides is 7. The van der Waals surface area contributed by atoms with Crippen LogP contribution in [0.25, 0.3) is 0 Å². The predicted octanol–water partition coefficient (Wildman–Crippen LogP) is 5.32. The van der Waals surface area contributed by atoms with E-state index in [9.17, 15) is 30.7 Å². The largest absolute Gasteiger partial charge is 0.492 e. The molecule has 1 nitrogen and oxygen atoms in total. The average Bonchev–Trinajstić information content (AvgIpc) is 2.38. The van der Waals surface area contributed by atoms with Crippen molar-refractivity contribution >= 4 is 0 Å². The number of hydrogen-bond acceptors (Lipinski definition) is 1. The van der Waals surface area contributed by atoms with Crippen LogP contribution in [0.5, 0.6) is 0 Å². The molecule has 0 aromatic carbocycles. The van der Waals surface area contributed by atoms with E-state index >= 15 is 0 Å². The monoisotopic (exact) mass is 322 g/mol. The summed E-state index contributed by atoms with van der Waals surface area (Å²) in [5, 5.41) is 0. The summed E-state index contributed by atoms with van der Waals surface area (Å²) in [4.78, 5) is 0. The van der Waals surface area contributed by atoms with E-state index in [0.717, 1.165) is 25.3 Å². The average molecular weight is 322 g/mol. The van der Waals surface area contributed by atoms with Crippen molar-refractivity contribution in [3.8, 4) is 0 Å². The smallest absolute Gasteiger partial charge is 0.460 e. The molecule has 21 heavy (non-hydrogen) atoms. The van der Waals surface area contributed by atoms with Crippen molar-refractivity contribution in [2.45, 2.75) is 57.0 Å². The van der Waals surface area contributed by atoms with Gasteiger partial charge in [0, 0.05) is 0 Å². The van der Waals surface area contributed by atoms with Gasteiger partial charge in [0.1, 0.15) is 0 Å². The zero-order valence-electron chi connectivity index (χ0n) is 11.5. The Labute approximate surface area is 118 Å². The molecule has 0 unspecified atom stereocenters. The Balaban J connectivity index is 3.10. The Morgan fingerprint density at radius 1 is 1.00 bits per heavy atom. The van der Waals surface area contributed by atoms with Crippen molar-refractivity contribution < 1.29 is 35.5 Å². The number of hydrogen-bond donors (Lipinski definition) is 0. The summed E-state index contributed by atoms with van der Waals surface area (Å²) in [6, 6.07) is 0. The van der Waals surface area contributed by atoms with Gasteiger partial charge in [-0.2, -0.15) is 30.7 Å². The van der Waals surface area contributed by atoms with Gasteiger partial charge < -0.3 is 4.74 Å². The highest BCUT2D eigenvalue weighted by molar-refractivity contribution is 5.15. The third-order valence-electron chi connectivity index (χ3n) is 3.40. The molecule has 0 radical (unpaired) electrons. The first-order valence-electron chi connectivity index (χ1n) is 6.71. The van der Waals surface area contributed by atoms with E-state index < -0.39 is 36.3 Å². The summed E-state index contributed by atoms with van der Waals surface area (Å²) in [5.41, 5.74) is 0. The molecule has 0 aliphatic heterocycles. The van der Waals surface area contributed by atoms with E-state index in [1.807, 2.05) is 0 Å². The second-order valence-corrected chi connectivity index (χ2v) is 5.01. The highest BCUT2D eigenvalue weighted by Gasteiger charge is 2.75. The van der Waals surface area contributed by atoms with E-state index in [4.69, 9.17) is 0 Å². The zero-order chi connectivity index (χ0) is 16.3. The van der Waals surface area contributed by atoms with Gasteiger partial charge in [0.05, 0.1) is 6.61 Å². The van der Waals surface area contributed by atoms with Crippen LogP contribution in [0.1, 0.15) is 39.0 Å². The molecule has 0 aromatic rings. The van der Waals surface area contributed by atoms with Crippen LogP contribution in [-0.4, -0.2) is 24.6 Å². The Bertz CT molecular complexity index is 367. The molecule has 1 aliphatic carbocycles. The van der Waals surface area contributed by atoms with Crippen LogP contribution in [0, 0.1) is 5.92 Å². The molecule has 1 rings (SSSR count). The van der Waals surface area contributed by atoms with Gasteiger partial charge in [-0.25, -0.2) is 0 Å². The maximum Gasteiger partial charge on any atom is 0.460 e. The Morgan fingerprint density at radius 3 is 1.95 bits per heavy atom. The molecule has 124 valence electrons. The van der Waals surface area contributed by atoms with Crippen LogP contribution >= 0.6 is 0 Å². The molecule has 1 saturated carbocycles. The van der Waals surface area contributed by atoms with Gasteiger partial charge in [-0.05, 0) is 31.8 Å². The molecule has 0 heterocycles. The minimum Gasteiger partial charge on any atom is -0.492 e. The maximum absolute atomic E-state index is 13.6. The van der Waals surface area contributed by atoms with Gasteiger partial charge in [-0.1, -0.05) is 19.3 Å². The van der Waals surface area contributed by atoms with Gasteiger partial charge in [0.2, 0.25) is 0 Å². The first kappa shape index (κ1) is 18.1. The lowest BCUT2D eigenvalue weighted by molar-refractivity contribution is -0.350. The summed E-state index contributed by atoms with van der Waals surface area (Å²) in [5.74, 6) is -13.6. The summed E-state index contributed by atoms with van der Waals surface area (Å²) in [7, 11) is 0. The van der Waals surface area contributed by atoms with Crippen molar-refractivity contribution in [2.24, 2.45) is 5.92 Å². The predicted molar refractivity (Wildman–Crippen MR) is 62.2 cm³/mol. The van der Waals surface area contributed by atoms with Crippen molar-refractivity contribution in [3.05, 3.63) is 11.8 Å².